The van der Waals surface area contributed by atoms with Crippen molar-refractivity contribution in [3.8, 4) is 5.75 Å². The van der Waals surface area contributed by atoms with Crippen molar-refractivity contribution in [1.29, 1.82) is 0 Å². The first-order valence-corrected chi connectivity index (χ1v) is 5.15. The Hall–Kier alpha value is -1.62. The first-order valence-electron chi connectivity index (χ1n) is 5.15. The monoisotopic (exact) mass is 223 g/mol. The van der Waals surface area contributed by atoms with Crippen LogP contribution < -0.4 is 10.6 Å². The summed E-state index contributed by atoms with van der Waals surface area (Å²) in [4.78, 5) is 15.4. The van der Waals surface area contributed by atoms with Crippen molar-refractivity contribution in [2.24, 2.45) is 0 Å². The SMILES string of the molecule is CNC(=O)C(C)NCc1nc(C)ccc1O. The third-order valence-electron chi connectivity index (χ3n) is 2.30. The molecule has 5 nitrogen and oxygen atoms in total. The first kappa shape index (κ1) is 12.4. The summed E-state index contributed by atoms with van der Waals surface area (Å²) in [5, 5.41) is 15.1. The lowest BCUT2D eigenvalue weighted by Crippen LogP contribution is -2.40. The Bertz CT molecular complexity index is 379. The fourth-order valence-electron chi connectivity index (χ4n) is 1.29. The van der Waals surface area contributed by atoms with E-state index in [4.69, 9.17) is 0 Å². The summed E-state index contributed by atoms with van der Waals surface area (Å²) in [6.45, 7) is 3.97. The van der Waals surface area contributed by atoms with Gasteiger partial charge < -0.3 is 15.7 Å². The Morgan fingerprint density at radius 3 is 2.88 bits per heavy atom. The molecular weight excluding hydrogens is 206 g/mol. The lowest BCUT2D eigenvalue weighted by atomic mass is 10.2. The molecule has 0 aliphatic rings. The van der Waals surface area contributed by atoms with Crippen LogP contribution in [0.25, 0.3) is 0 Å². The number of hydrogen-bond acceptors (Lipinski definition) is 4. The maximum atomic E-state index is 11.2. The molecule has 0 bridgehead atoms. The molecule has 0 saturated carbocycles. The van der Waals surface area contributed by atoms with Gasteiger partial charge in [0.1, 0.15) is 5.75 Å². The number of aromatic nitrogens is 1. The van der Waals surface area contributed by atoms with Crippen molar-refractivity contribution in [2.75, 3.05) is 7.05 Å². The number of carbonyl (C=O) groups is 1. The molecule has 0 radical (unpaired) electrons. The Balaban J connectivity index is 2.60. The van der Waals surface area contributed by atoms with Crippen LogP contribution in [0.3, 0.4) is 0 Å². The van der Waals surface area contributed by atoms with Gasteiger partial charge in [-0.3, -0.25) is 9.78 Å². The highest BCUT2D eigenvalue weighted by atomic mass is 16.3. The highest BCUT2D eigenvalue weighted by molar-refractivity contribution is 5.80. The zero-order chi connectivity index (χ0) is 12.1. The third kappa shape index (κ3) is 3.20. The average molecular weight is 223 g/mol. The number of hydrogen-bond donors (Lipinski definition) is 3. The van der Waals surface area contributed by atoms with Crippen LogP contribution in [0, 0.1) is 6.92 Å². The van der Waals surface area contributed by atoms with Crippen LogP contribution in [-0.2, 0) is 11.3 Å². The van der Waals surface area contributed by atoms with Gasteiger partial charge in [0.15, 0.2) is 0 Å². The van der Waals surface area contributed by atoms with Crippen molar-refractivity contribution in [1.82, 2.24) is 15.6 Å². The van der Waals surface area contributed by atoms with Crippen molar-refractivity contribution in [3.63, 3.8) is 0 Å². The fourth-order valence-corrected chi connectivity index (χ4v) is 1.29. The van der Waals surface area contributed by atoms with Gasteiger partial charge in [0.05, 0.1) is 11.7 Å². The molecule has 0 saturated heterocycles. The maximum absolute atomic E-state index is 11.2. The van der Waals surface area contributed by atoms with Crippen LogP contribution in [0.2, 0.25) is 0 Å². The Kier molecular flexibility index (Phi) is 4.25. The minimum atomic E-state index is -0.313. The summed E-state index contributed by atoms with van der Waals surface area (Å²) in [6, 6.07) is 3.02. The van der Waals surface area contributed by atoms with Gasteiger partial charge in [0, 0.05) is 19.3 Å². The van der Waals surface area contributed by atoms with E-state index in [0.29, 0.717) is 12.2 Å². The molecule has 0 aliphatic heterocycles. The number of pyridine rings is 1. The predicted molar refractivity (Wildman–Crippen MR) is 61.0 cm³/mol. The second-order valence-corrected chi connectivity index (χ2v) is 3.64. The van der Waals surface area contributed by atoms with Crippen molar-refractivity contribution < 1.29 is 9.90 Å². The van der Waals surface area contributed by atoms with Crippen molar-refractivity contribution >= 4 is 5.91 Å². The molecule has 1 aromatic heterocycles. The first-order chi connectivity index (χ1) is 7.54. The number of rotatable bonds is 4. The number of nitrogens with zero attached hydrogens (tertiary/aromatic N) is 1. The number of aryl methyl sites for hydroxylation is 1. The number of amides is 1. The number of nitrogens with one attached hydrogen (secondary N) is 2. The molecule has 3 N–H and O–H groups in total. The van der Waals surface area contributed by atoms with Crippen molar-refractivity contribution in [3.05, 3.63) is 23.5 Å². The molecule has 1 rings (SSSR count). The zero-order valence-electron chi connectivity index (χ0n) is 9.74. The van der Waals surface area contributed by atoms with Gasteiger partial charge in [-0.1, -0.05) is 0 Å². The topological polar surface area (TPSA) is 74.2 Å². The van der Waals surface area contributed by atoms with Crippen LogP contribution in [0.15, 0.2) is 12.1 Å². The van der Waals surface area contributed by atoms with Crippen molar-refractivity contribution in [2.45, 2.75) is 26.4 Å². The molecule has 88 valence electrons. The summed E-state index contributed by atoms with van der Waals surface area (Å²) in [6.07, 6.45) is 0. The standard InChI is InChI=1S/C11H17N3O2/c1-7-4-5-10(15)9(14-7)6-13-8(2)11(16)12-3/h4-5,8,13,15H,6H2,1-3H3,(H,12,16). The van der Waals surface area contributed by atoms with E-state index in [0.717, 1.165) is 5.69 Å². The second-order valence-electron chi connectivity index (χ2n) is 3.64. The van der Waals surface area contributed by atoms with Gasteiger partial charge >= 0.3 is 0 Å². The smallest absolute Gasteiger partial charge is 0.236 e. The van der Waals surface area contributed by atoms with Gasteiger partial charge in [0.25, 0.3) is 0 Å². The lowest BCUT2D eigenvalue weighted by Gasteiger charge is -2.12. The fraction of sp³-hybridized carbons (Fsp3) is 0.455. The Morgan fingerprint density at radius 2 is 2.25 bits per heavy atom. The van der Waals surface area contributed by atoms with Crippen LogP contribution in [-0.4, -0.2) is 29.1 Å². The Morgan fingerprint density at radius 1 is 1.56 bits per heavy atom. The van der Waals surface area contributed by atoms with Gasteiger partial charge in [-0.25, -0.2) is 0 Å². The summed E-state index contributed by atoms with van der Waals surface area (Å²) in [5.41, 5.74) is 1.39. The molecule has 1 heterocycles. The minimum absolute atomic E-state index is 0.0906. The molecule has 1 unspecified atom stereocenters. The van der Waals surface area contributed by atoms with Gasteiger partial charge in [0.2, 0.25) is 5.91 Å². The van der Waals surface area contributed by atoms with E-state index >= 15 is 0 Å². The van der Waals surface area contributed by atoms with Crippen LogP contribution >= 0.6 is 0 Å². The molecule has 0 aromatic carbocycles. The van der Waals surface area contributed by atoms with E-state index in [1.54, 1.807) is 26.1 Å². The minimum Gasteiger partial charge on any atom is -0.506 e. The number of likely N-dealkylation sites (N-methyl/N-ethyl adjacent to an activating group) is 1. The van der Waals surface area contributed by atoms with Crippen LogP contribution in [0.5, 0.6) is 5.75 Å². The van der Waals surface area contributed by atoms with E-state index in [-0.39, 0.29) is 17.7 Å². The largest absolute Gasteiger partial charge is 0.506 e. The third-order valence-corrected chi connectivity index (χ3v) is 2.30. The molecule has 0 fully saturated rings. The summed E-state index contributed by atoms with van der Waals surface area (Å²) >= 11 is 0. The highest BCUT2D eigenvalue weighted by Gasteiger charge is 2.11. The van der Waals surface area contributed by atoms with E-state index in [2.05, 4.69) is 15.6 Å². The van der Waals surface area contributed by atoms with Gasteiger partial charge in [-0.05, 0) is 26.0 Å². The summed E-state index contributed by atoms with van der Waals surface area (Å²) in [7, 11) is 1.59. The molecular formula is C11H17N3O2. The molecule has 0 spiro atoms. The molecule has 5 heteroatoms. The molecule has 1 atom stereocenters. The van der Waals surface area contributed by atoms with E-state index in [1.807, 2.05) is 6.92 Å². The van der Waals surface area contributed by atoms with Crippen LogP contribution in [0.1, 0.15) is 18.3 Å². The maximum Gasteiger partial charge on any atom is 0.236 e. The van der Waals surface area contributed by atoms with Gasteiger partial charge in [-0.2, -0.15) is 0 Å². The normalized spacial score (nSPS) is 12.2. The second kappa shape index (κ2) is 5.46. The average Bonchev–Trinajstić information content (AvgIpc) is 2.28. The van der Waals surface area contributed by atoms with Crippen LogP contribution in [0.4, 0.5) is 0 Å². The quantitative estimate of drug-likeness (QED) is 0.687. The molecule has 0 aliphatic carbocycles. The van der Waals surface area contributed by atoms with E-state index in [9.17, 15) is 9.90 Å². The predicted octanol–water partition coefficient (Wildman–Crippen LogP) is 0.320. The molecule has 1 amide bonds. The molecule has 1 aromatic rings. The lowest BCUT2D eigenvalue weighted by molar-refractivity contribution is -0.122. The molecule has 16 heavy (non-hydrogen) atoms. The highest BCUT2D eigenvalue weighted by Crippen LogP contribution is 2.14. The Labute approximate surface area is 94.9 Å². The number of aromatic hydroxyl groups is 1. The number of carbonyl (C=O) groups excluding carboxylic acids is 1. The van der Waals surface area contributed by atoms with Gasteiger partial charge in [-0.15, -0.1) is 0 Å². The summed E-state index contributed by atoms with van der Waals surface area (Å²) < 4.78 is 0. The van der Waals surface area contributed by atoms with E-state index < -0.39 is 0 Å². The zero-order valence-corrected chi connectivity index (χ0v) is 9.74. The van der Waals surface area contributed by atoms with E-state index in [1.165, 1.54) is 0 Å². The summed E-state index contributed by atoms with van der Waals surface area (Å²) in [5.74, 6) is 0.0503.